The Morgan fingerprint density at radius 2 is 2.08 bits per heavy atom. The monoisotopic (exact) mass is 374 g/mol. The molecule has 5 nitrogen and oxygen atoms in total. The van der Waals surface area contributed by atoms with E-state index in [2.05, 4.69) is 15.3 Å². The lowest BCUT2D eigenvalue weighted by molar-refractivity contribution is -0.127. The lowest BCUT2D eigenvalue weighted by Crippen LogP contribution is -2.45. The molecule has 1 aromatic carbocycles. The highest BCUT2D eigenvalue weighted by Crippen LogP contribution is 2.47. The van der Waals surface area contributed by atoms with Crippen molar-refractivity contribution >= 4 is 41.8 Å². The van der Waals surface area contributed by atoms with Crippen molar-refractivity contribution in [2.75, 3.05) is 0 Å². The molecule has 0 spiro atoms. The van der Waals surface area contributed by atoms with E-state index >= 15 is 0 Å². The van der Waals surface area contributed by atoms with Crippen LogP contribution in [0.4, 0.5) is 4.39 Å². The Hall–Kier alpha value is -1.37. The van der Waals surface area contributed by atoms with Gasteiger partial charge in [0.2, 0.25) is 5.91 Å². The molecule has 1 aromatic heterocycles. The molecule has 24 heavy (non-hydrogen) atoms. The van der Waals surface area contributed by atoms with Crippen LogP contribution in [0.15, 0.2) is 18.2 Å². The van der Waals surface area contributed by atoms with E-state index in [4.69, 9.17) is 5.73 Å². The van der Waals surface area contributed by atoms with Crippen molar-refractivity contribution in [3.8, 4) is 0 Å². The minimum Gasteiger partial charge on any atom is -0.349 e. The summed E-state index contributed by atoms with van der Waals surface area (Å²) in [6, 6.07) is 4.39. The van der Waals surface area contributed by atoms with E-state index in [9.17, 15) is 9.18 Å². The van der Waals surface area contributed by atoms with Gasteiger partial charge in [-0.25, -0.2) is 9.37 Å². The topological polar surface area (TPSA) is 83.8 Å². The number of nitrogens with zero attached hydrogens (tertiary/aromatic N) is 1. The fraction of sp³-hybridized carbons (Fsp3) is 0.500. The van der Waals surface area contributed by atoms with Gasteiger partial charge in [-0.1, -0.05) is 0 Å². The zero-order chi connectivity index (χ0) is 15.3. The first-order valence-corrected chi connectivity index (χ1v) is 7.79. The van der Waals surface area contributed by atoms with Crippen molar-refractivity contribution in [1.82, 2.24) is 15.3 Å². The van der Waals surface area contributed by atoms with Crippen LogP contribution in [0, 0.1) is 23.6 Å². The molecule has 4 rings (SSSR count). The molecule has 2 bridgehead atoms. The van der Waals surface area contributed by atoms with Crippen molar-refractivity contribution in [1.29, 1.82) is 0 Å². The SMILES string of the molecule is Cl.Cl.NC1C2CCC(C2)C1C(=O)NCc1nc2ccc(F)cc2[nH]1. The van der Waals surface area contributed by atoms with E-state index in [1.54, 1.807) is 6.07 Å². The summed E-state index contributed by atoms with van der Waals surface area (Å²) in [6.07, 6.45) is 3.36. The van der Waals surface area contributed by atoms with E-state index in [0.29, 0.717) is 35.2 Å². The molecule has 4 N–H and O–H groups in total. The number of aromatic amines is 1. The second kappa shape index (κ2) is 7.25. The number of nitrogens with two attached hydrogens (primary N) is 1. The predicted octanol–water partition coefficient (Wildman–Crippen LogP) is 2.54. The summed E-state index contributed by atoms with van der Waals surface area (Å²) < 4.78 is 13.2. The van der Waals surface area contributed by atoms with Crippen molar-refractivity contribution in [2.24, 2.45) is 23.5 Å². The number of carbonyl (C=O) groups excluding carboxylic acids is 1. The molecule has 0 radical (unpaired) electrons. The molecular formula is C16H21Cl2FN4O. The number of carbonyl (C=O) groups is 1. The first kappa shape index (κ1) is 19.0. The van der Waals surface area contributed by atoms with E-state index in [1.807, 2.05) is 0 Å². The molecule has 1 amide bonds. The molecule has 2 aliphatic rings. The van der Waals surface area contributed by atoms with E-state index in [0.717, 1.165) is 19.3 Å². The molecule has 2 aliphatic carbocycles. The third-order valence-corrected chi connectivity index (χ3v) is 5.21. The van der Waals surface area contributed by atoms with Gasteiger partial charge in [-0.2, -0.15) is 0 Å². The second-order valence-corrected chi connectivity index (χ2v) is 6.50. The summed E-state index contributed by atoms with van der Waals surface area (Å²) in [5.74, 6) is 1.22. The standard InChI is InChI=1S/C16H19FN4O.2ClH/c17-10-3-4-11-12(6-10)21-13(20-11)7-19-16(22)14-8-1-2-9(5-8)15(14)18;;/h3-4,6,8-9,14-15H,1-2,5,7,18H2,(H,19,22)(H,20,21);2*1H. The third-order valence-electron chi connectivity index (χ3n) is 5.21. The summed E-state index contributed by atoms with van der Waals surface area (Å²) in [7, 11) is 0. The molecule has 1 heterocycles. The number of amides is 1. The lowest BCUT2D eigenvalue weighted by Gasteiger charge is -2.26. The van der Waals surface area contributed by atoms with Crippen LogP contribution in [0.1, 0.15) is 25.1 Å². The zero-order valence-electron chi connectivity index (χ0n) is 13.0. The lowest BCUT2D eigenvalue weighted by atomic mass is 9.84. The number of hydrogen-bond acceptors (Lipinski definition) is 3. The summed E-state index contributed by atoms with van der Waals surface area (Å²) >= 11 is 0. The zero-order valence-corrected chi connectivity index (χ0v) is 14.6. The van der Waals surface area contributed by atoms with Crippen LogP contribution in [0.25, 0.3) is 11.0 Å². The molecule has 2 saturated carbocycles. The fourth-order valence-corrected chi connectivity index (χ4v) is 4.13. The van der Waals surface area contributed by atoms with Crippen molar-refractivity contribution < 1.29 is 9.18 Å². The van der Waals surface area contributed by atoms with Crippen LogP contribution in [-0.4, -0.2) is 21.9 Å². The first-order valence-electron chi connectivity index (χ1n) is 7.79. The summed E-state index contributed by atoms with van der Waals surface area (Å²) in [4.78, 5) is 19.8. The van der Waals surface area contributed by atoms with E-state index in [1.165, 1.54) is 12.1 Å². The fourth-order valence-electron chi connectivity index (χ4n) is 4.13. The number of nitrogens with one attached hydrogen (secondary N) is 2. The van der Waals surface area contributed by atoms with Gasteiger partial charge in [0.15, 0.2) is 0 Å². The Balaban J connectivity index is 0.00000104. The Morgan fingerprint density at radius 1 is 1.33 bits per heavy atom. The normalized spacial score (nSPS) is 27.6. The number of hydrogen-bond donors (Lipinski definition) is 3. The molecular weight excluding hydrogens is 354 g/mol. The van der Waals surface area contributed by atoms with Crippen molar-refractivity contribution in [3.05, 3.63) is 29.8 Å². The van der Waals surface area contributed by atoms with Crippen LogP contribution in [0.3, 0.4) is 0 Å². The van der Waals surface area contributed by atoms with Gasteiger partial charge in [0, 0.05) is 6.04 Å². The van der Waals surface area contributed by atoms with Crippen LogP contribution in [-0.2, 0) is 11.3 Å². The quantitative estimate of drug-likeness (QED) is 0.771. The maximum atomic E-state index is 13.2. The van der Waals surface area contributed by atoms with Gasteiger partial charge >= 0.3 is 0 Å². The average Bonchev–Trinajstić information content (AvgIpc) is 3.17. The van der Waals surface area contributed by atoms with Crippen molar-refractivity contribution in [3.63, 3.8) is 0 Å². The number of rotatable bonds is 3. The third kappa shape index (κ3) is 3.23. The van der Waals surface area contributed by atoms with Gasteiger partial charge in [0.25, 0.3) is 0 Å². The molecule has 132 valence electrons. The number of H-pyrrole nitrogens is 1. The molecule has 2 fully saturated rings. The molecule has 4 atom stereocenters. The van der Waals surface area contributed by atoms with E-state index in [-0.39, 0.29) is 48.5 Å². The molecule has 0 aliphatic heterocycles. The minimum atomic E-state index is -0.306. The molecule has 8 heteroatoms. The maximum Gasteiger partial charge on any atom is 0.225 e. The largest absolute Gasteiger partial charge is 0.349 e. The van der Waals surface area contributed by atoms with E-state index < -0.39 is 0 Å². The molecule has 4 unspecified atom stereocenters. The average molecular weight is 375 g/mol. The number of aromatic nitrogens is 2. The molecule has 0 saturated heterocycles. The van der Waals surface area contributed by atoms with Gasteiger partial charge in [-0.15, -0.1) is 24.8 Å². The molecule has 2 aromatic rings. The van der Waals surface area contributed by atoms with Gasteiger partial charge in [0.05, 0.1) is 23.5 Å². The Bertz CT molecular complexity index is 736. The van der Waals surface area contributed by atoms with Crippen LogP contribution in [0.2, 0.25) is 0 Å². The number of halogens is 3. The van der Waals surface area contributed by atoms with Crippen LogP contribution < -0.4 is 11.1 Å². The Labute approximate surface area is 151 Å². The smallest absolute Gasteiger partial charge is 0.225 e. The highest BCUT2D eigenvalue weighted by Gasteiger charge is 2.48. The van der Waals surface area contributed by atoms with Crippen LogP contribution in [0.5, 0.6) is 0 Å². The van der Waals surface area contributed by atoms with Gasteiger partial charge < -0.3 is 16.0 Å². The summed E-state index contributed by atoms with van der Waals surface area (Å²) in [5.41, 5.74) is 7.52. The number of imidazole rings is 1. The van der Waals surface area contributed by atoms with Gasteiger partial charge in [0.1, 0.15) is 11.6 Å². The predicted molar refractivity (Wildman–Crippen MR) is 94.7 cm³/mol. The minimum absolute atomic E-state index is 0. The van der Waals surface area contributed by atoms with Crippen LogP contribution >= 0.6 is 24.8 Å². The second-order valence-electron chi connectivity index (χ2n) is 6.50. The summed E-state index contributed by atoms with van der Waals surface area (Å²) in [5, 5.41) is 2.93. The Morgan fingerprint density at radius 3 is 2.79 bits per heavy atom. The first-order chi connectivity index (χ1) is 10.6. The highest BCUT2D eigenvalue weighted by atomic mass is 35.5. The number of benzene rings is 1. The van der Waals surface area contributed by atoms with Crippen molar-refractivity contribution in [2.45, 2.75) is 31.8 Å². The maximum absolute atomic E-state index is 13.2. The van der Waals surface area contributed by atoms with Gasteiger partial charge in [-0.3, -0.25) is 4.79 Å². The summed E-state index contributed by atoms with van der Waals surface area (Å²) in [6.45, 7) is 0.315. The van der Waals surface area contributed by atoms with Gasteiger partial charge in [-0.05, 0) is 49.3 Å². The highest BCUT2D eigenvalue weighted by molar-refractivity contribution is 5.85. The Kier molecular flexibility index (Phi) is 5.73. The number of fused-ring (bicyclic) bond motifs is 3.